The van der Waals surface area contributed by atoms with Crippen LogP contribution in [0.2, 0.25) is 0 Å². The maximum atomic E-state index is 12.4. The van der Waals surface area contributed by atoms with Crippen LogP contribution in [0.25, 0.3) is 32.9 Å². The van der Waals surface area contributed by atoms with Crippen LogP contribution in [0, 0.1) is 6.92 Å². The van der Waals surface area contributed by atoms with Crippen molar-refractivity contribution in [1.29, 1.82) is 0 Å². The number of aryl methyl sites for hydroxylation is 2. The van der Waals surface area contributed by atoms with Crippen molar-refractivity contribution in [3.63, 3.8) is 0 Å². The van der Waals surface area contributed by atoms with Gasteiger partial charge in [-0.3, -0.25) is 9.59 Å². The molecule has 3 aromatic carbocycles. The van der Waals surface area contributed by atoms with Crippen molar-refractivity contribution in [3.05, 3.63) is 99.8 Å². The third kappa shape index (κ3) is 4.65. The Bertz CT molecular complexity index is 1540. The third-order valence-electron chi connectivity index (χ3n) is 5.60. The highest BCUT2D eigenvalue weighted by Gasteiger charge is 2.11. The number of hydrogen-bond donors (Lipinski definition) is 2. The number of carbonyl (C=O) groups excluding carboxylic acids is 1. The summed E-state index contributed by atoms with van der Waals surface area (Å²) in [5.41, 5.74) is 6.42. The van der Waals surface area contributed by atoms with Gasteiger partial charge in [0.2, 0.25) is 5.91 Å². The molecular formula is C27H22N4O2S. The second-order valence-corrected chi connectivity index (χ2v) is 8.87. The first kappa shape index (κ1) is 21.7. The Morgan fingerprint density at radius 1 is 0.971 bits per heavy atom. The van der Waals surface area contributed by atoms with Crippen molar-refractivity contribution < 1.29 is 4.79 Å². The number of carbonyl (C=O) groups is 1. The van der Waals surface area contributed by atoms with Gasteiger partial charge in [0.15, 0.2) is 0 Å². The van der Waals surface area contributed by atoms with Crippen LogP contribution in [0.3, 0.4) is 0 Å². The molecule has 2 aromatic heterocycles. The van der Waals surface area contributed by atoms with Gasteiger partial charge in [-0.25, -0.2) is 9.97 Å². The zero-order chi connectivity index (χ0) is 23.5. The molecule has 0 saturated heterocycles. The summed E-state index contributed by atoms with van der Waals surface area (Å²) in [6.07, 6.45) is 0.437. The van der Waals surface area contributed by atoms with E-state index in [2.05, 4.69) is 34.3 Å². The molecule has 0 aliphatic rings. The SMILES string of the molecule is Cc1ccccc1-c1nc(-c2ccc(NC(=O)CCc3nc4ccccc4[nH]c3=O)cc2)cs1. The molecule has 168 valence electrons. The zero-order valence-electron chi connectivity index (χ0n) is 18.5. The average molecular weight is 467 g/mol. The van der Waals surface area contributed by atoms with E-state index in [0.717, 1.165) is 21.8 Å². The number of thiazole rings is 1. The van der Waals surface area contributed by atoms with E-state index in [-0.39, 0.29) is 24.3 Å². The number of hydrogen-bond acceptors (Lipinski definition) is 5. The lowest BCUT2D eigenvalue weighted by molar-refractivity contribution is -0.116. The molecule has 0 fully saturated rings. The maximum Gasteiger partial charge on any atom is 0.270 e. The monoisotopic (exact) mass is 466 g/mol. The molecule has 0 aliphatic carbocycles. The Balaban J connectivity index is 1.23. The van der Waals surface area contributed by atoms with Crippen LogP contribution in [-0.2, 0) is 11.2 Å². The lowest BCUT2D eigenvalue weighted by Crippen LogP contribution is -2.19. The van der Waals surface area contributed by atoms with Gasteiger partial charge in [0.05, 0.1) is 16.7 Å². The molecule has 0 spiro atoms. The van der Waals surface area contributed by atoms with Crippen LogP contribution in [0.5, 0.6) is 0 Å². The predicted molar refractivity (Wildman–Crippen MR) is 137 cm³/mol. The third-order valence-corrected chi connectivity index (χ3v) is 6.48. The first-order valence-electron chi connectivity index (χ1n) is 11.0. The van der Waals surface area contributed by atoms with Crippen molar-refractivity contribution in [2.45, 2.75) is 19.8 Å². The Labute approximate surface area is 200 Å². The summed E-state index contributed by atoms with van der Waals surface area (Å²) in [4.78, 5) is 36.7. The Morgan fingerprint density at radius 2 is 1.74 bits per heavy atom. The van der Waals surface area contributed by atoms with Crippen molar-refractivity contribution in [2.75, 3.05) is 5.32 Å². The summed E-state index contributed by atoms with van der Waals surface area (Å²) in [5, 5.41) is 5.92. The number of nitrogens with one attached hydrogen (secondary N) is 2. The molecule has 7 heteroatoms. The molecule has 0 saturated carbocycles. The normalized spacial score (nSPS) is 11.0. The number of amides is 1. The minimum absolute atomic E-state index is 0.169. The number of benzene rings is 3. The van der Waals surface area contributed by atoms with E-state index in [0.29, 0.717) is 22.4 Å². The van der Waals surface area contributed by atoms with Crippen LogP contribution in [0.4, 0.5) is 5.69 Å². The summed E-state index contributed by atoms with van der Waals surface area (Å²) < 4.78 is 0. The summed E-state index contributed by atoms with van der Waals surface area (Å²) >= 11 is 1.62. The highest BCUT2D eigenvalue weighted by Crippen LogP contribution is 2.31. The fraction of sp³-hybridized carbons (Fsp3) is 0.111. The molecule has 5 rings (SSSR count). The Hall–Kier alpha value is -4.10. The summed E-state index contributed by atoms with van der Waals surface area (Å²) in [6, 6.07) is 23.2. The van der Waals surface area contributed by atoms with E-state index in [1.165, 1.54) is 5.56 Å². The van der Waals surface area contributed by atoms with Crippen LogP contribution in [0.1, 0.15) is 17.7 Å². The van der Waals surface area contributed by atoms with Gasteiger partial charge in [-0.05, 0) is 36.8 Å². The minimum Gasteiger partial charge on any atom is -0.326 e. The van der Waals surface area contributed by atoms with Crippen LogP contribution in [0.15, 0.2) is 83.0 Å². The second kappa shape index (κ2) is 9.41. The Kier molecular flexibility index (Phi) is 6.01. The van der Waals surface area contributed by atoms with E-state index < -0.39 is 0 Å². The average Bonchev–Trinajstić information content (AvgIpc) is 3.33. The van der Waals surface area contributed by atoms with E-state index >= 15 is 0 Å². The maximum absolute atomic E-state index is 12.4. The highest BCUT2D eigenvalue weighted by molar-refractivity contribution is 7.13. The largest absolute Gasteiger partial charge is 0.326 e. The fourth-order valence-electron chi connectivity index (χ4n) is 3.76. The van der Waals surface area contributed by atoms with Gasteiger partial charge in [-0.1, -0.05) is 48.5 Å². The number of anilines is 1. The van der Waals surface area contributed by atoms with Crippen molar-refractivity contribution >= 4 is 34.0 Å². The first-order valence-corrected chi connectivity index (χ1v) is 11.8. The lowest BCUT2D eigenvalue weighted by atomic mass is 10.1. The van der Waals surface area contributed by atoms with Gasteiger partial charge in [-0.2, -0.15) is 0 Å². The van der Waals surface area contributed by atoms with Crippen LogP contribution < -0.4 is 10.9 Å². The zero-order valence-corrected chi connectivity index (χ0v) is 19.4. The predicted octanol–water partition coefficient (Wildman–Crippen LogP) is 5.59. The van der Waals surface area contributed by atoms with E-state index in [1.54, 1.807) is 17.4 Å². The van der Waals surface area contributed by atoms with Gasteiger partial charge in [0.25, 0.3) is 5.56 Å². The standard InChI is InChI=1S/C27H22N4O2S/c1-17-6-2-3-7-20(17)27-31-24(16-34-27)18-10-12-19(13-11-18)28-25(32)15-14-23-26(33)30-22-9-5-4-8-21(22)29-23/h2-13,16H,14-15H2,1H3,(H,28,32)(H,30,33). The summed E-state index contributed by atoms with van der Waals surface area (Å²) in [7, 11) is 0. The molecule has 0 atom stereocenters. The van der Waals surface area contributed by atoms with E-state index in [1.807, 2.05) is 60.0 Å². The molecule has 0 unspecified atom stereocenters. The smallest absolute Gasteiger partial charge is 0.270 e. The molecule has 6 nitrogen and oxygen atoms in total. The fourth-order valence-corrected chi connectivity index (χ4v) is 4.68. The second-order valence-electron chi connectivity index (χ2n) is 8.01. The molecular weight excluding hydrogens is 444 g/mol. The highest BCUT2D eigenvalue weighted by atomic mass is 32.1. The van der Waals surface area contributed by atoms with Gasteiger partial charge in [-0.15, -0.1) is 11.3 Å². The number of H-pyrrole nitrogens is 1. The van der Waals surface area contributed by atoms with Gasteiger partial charge in [0, 0.05) is 35.0 Å². The number of aromatic nitrogens is 3. The van der Waals surface area contributed by atoms with Gasteiger partial charge < -0.3 is 10.3 Å². The number of rotatable bonds is 6. The molecule has 2 N–H and O–H groups in total. The Morgan fingerprint density at radius 3 is 2.56 bits per heavy atom. The molecule has 0 bridgehead atoms. The van der Waals surface area contributed by atoms with Crippen molar-refractivity contribution in [1.82, 2.24) is 15.0 Å². The van der Waals surface area contributed by atoms with Gasteiger partial charge in [0.1, 0.15) is 10.7 Å². The molecule has 0 radical (unpaired) electrons. The topological polar surface area (TPSA) is 87.7 Å². The molecule has 0 aliphatic heterocycles. The van der Waals surface area contributed by atoms with E-state index in [9.17, 15) is 9.59 Å². The molecule has 1 amide bonds. The lowest BCUT2D eigenvalue weighted by Gasteiger charge is -2.06. The van der Waals surface area contributed by atoms with Gasteiger partial charge >= 0.3 is 0 Å². The number of fused-ring (bicyclic) bond motifs is 1. The van der Waals surface area contributed by atoms with E-state index in [4.69, 9.17) is 4.98 Å². The number of nitrogens with zero attached hydrogens (tertiary/aromatic N) is 2. The first-order chi connectivity index (χ1) is 16.6. The quantitative estimate of drug-likeness (QED) is 0.341. The molecule has 34 heavy (non-hydrogen) atoms. The van der Waals surface area contributed by atoms with Crippen LogP contribution in [-0.4, -0.2) is 20.9 Å². The molecule has 5 aromatic rings. The van der Waals surface area contributed by atoms with Crippen LogP contribution >= 0.6 is 11.3 Å². The minimum atomic E-state index is -0.260. The van der Waals surface area contributed by atoms with Crippen molar-refractivity contribution in [3.8, 4) is 21.8 Å². The number of aromatic amines is 1. The number of para-hydroxylation sites is 2. The summed E-state index contributed by atoms with van der Waals surface area (Å²) in [6.45, 7) is 2.08. The summed E-state index contributed by atoms with van der Waals surface area (Å²) in [5.74, 6) is -0.169. The molecule has 2 heterocycles. The van der Waals surface area contributed by atoms with Crippen molar-refractivity contribution in [2.24, 2.45) is 0 Å².